The van der Waals surface area contributed by atoms with Crippen molar-refractivity contribution in [1.82, 2.24) is 10.2 Å². The van der Waals surface area contributed by atoms with Gasteiger partial charge < -0.3 is 25.0 Å². The number of amides is 3. The molecule has 3 fully saturated rings. The van der Waals surface area contributed by atoms with Crippen molar-refractivity contribution in [3.63, 3.8) is 0 Å². The van der Waals surface area contributed by atoms with Crippen molar-refractivity contribution < 1.29 is 23.9 Å². The molecule has 5 atom stereocenters. The standard InChI is InChI=1S/C29H39N3O5/c1-4-36-21-12-10-20(11-13-21)30-26(33)23-22-14-16-29(37-22)24(23)28(35)32(17-15-18(2)3)25(29)27(34)31-19-8-6-5-7-9-19/h10-14,16,18-19,22-25H,4-9,15,17H2,1-3H3,(H,30,33)(H,31,34)/t22-,23+,24-,25-,29-/m0/s1. The van der Waals surface area contributed by atoms with Crippen molar-refractivity contribution in [3.05, 3.63) is 36.4 Å². The van der Waals surface area contributed by atoms with Gasteiger partial charge in [0.1, 0.15) is 17.4 Å². The average molecular weight is 510 g/mol. The molecule has 1 spiro atoms. The Labute approximate surface area is 219 Å². The summed E-state index contributed by atoms with van der Waals surface area (Å²) >= 11 is 0. The highest BCUT2D eigenvalue weighted by molar-refractivity contribution is 6.02. The van der Waals surface area contributed by atoms with E-state index in [1.807, 2.05) is 19.1 Å². The Balaban J connectivity index is 1.39. The van der Waals surface area contributed by atoms with Crippen LogP contribution in [0.3, 0.4) is 0 Å². The topological polar surface area (TPSA) is 97.0 Å². The van der Waals surface area contributed by atoms with Crippen LogP contribution in [0, 0.1) is 17.8 Å². The number of carbonyl (C=O) groups is 3. The molecule has 3 aliphatic heterocycles. The second-order valence-corrected chi connectivity index (χ2v) is 11.2. The van der Waals surface area contributed by atoms with E-state index >= 15 is 0 Å². The molecule has 1 aromatic carbocycles. The van der Waals surface area contributed by atoms with Crippen molar-refractivity contribution in [2.45, 2.75) is 83.1 Å². The number of ether oxygens (including phenoxy) is 2. The average Bonchev–Trinajstić information content (AvgIpc) is 3.52. The number of rotatable bonds is 9. The van der Waals surface area contributed by atoms with Crippen molar-refractivity contribution in [2.75, 3.05) is 18.5 Å². The number of hydrogen-bond donors (Lipinski definition) is 2. The van der Waals surface area contributed by atoms with Gasteiger partial charge in [-0.05, 0) is 56.4 Å². The van der Waals surface area contributed by atoms with Gasteiger partial charge in [-0.15, -0.1) is 0 Å². The number of benzene rings is 1. The number of fused-ring (bicyclic) bond motifs is 1. The number of hydrogen-bond acceptors (Lipinski definition) is 5. The molecule has 200 valence electrons. The van der Waals surface area contributed by atoms with Crippen LogP contribution in [-0.2, 0) is 19.1 Å². The molecular weight excluding hydrogens is 470 g/mol. The summed E-state index contributed by atoms with van der Waals surface area (Å²) in [4.78, 5) is 42.9. The van der Waals surface area contributed by atoms with Gasteiger partial charge >= 0.3 is 0 Å². The molecule has 1 saturated carbocycles. The summed E-state index contributed by atoms with van der Waals surface area (Å²) in [6.45, 7) is 7.15. The predicted octanol–water partition coefficient (Wildman–Crippen LogP) is 3.67. The second kappa shape index (κ2) is 10.5. The maximum Gasteiger partial charge on any atom is 0.246 e. The Morgan fingerprint density at radius 1 is 1.14 bits per heavy atom. The highest BCUT2D eigenvalue weighted by Gasteiger charge is 2.72. The van der Waals surface area contributed by atoms with Crippen LogP contribution in [0.5, 0.6) is 5.75 Å². The third-order valence-electron chi connectivity index (χ3n) is 8.26. The molecule has 2 N–H and O–H groups in total. The van der Waals surface area contributed by atoms with Crippen LogP contribution in [0.25, 0.3) is 0 Å². The minimum atomic E-state index is -1.11. The Morgan fingerprint density at radius 2 is 1.86 bits per heavy atom. The lowest BCUT2D eigenvalue weighted by atomic mass is 9.74. The molecule has 3 amide bonds. The van der Waals surface area contributed by atoms with E-state index in [1.165, 1.54) is 6.42 Å². The number of nitrogens with one attached hydrogen (secondary N) is 2. The van der Waals surface area contributed by atoms with Crippen molar-refractivity contribution in [3.8, 4) is 5.75 Å². The zero-order valence-electron chi connectivity index (χ0n) is 22.1. The van der Waals surface area contributed by atoms with E-state index in [-0.39, 0.29) is 23.8 Å². The van der Waals surface area contributed by atoms with Crippen LogP contribution < -0.4 is 15.4 Å². The zero-order valence-corrected chi connectivity index (χ0v) is 22.1. The molecule has 5 rings (SSSR count). The quantitative estimate of drug-likeness (QED) is 0.495. The molecule has 1 aromatic rings. The fraction of sp³-hybridized carbons (Fsp3) is 0.621. The van der Waals surface area contributed by atoms with Gasteiger partial charge in [-0.2, -0.15) is 0 Å². The van der Waals surface area contributed by atoms with E-state index in [0.29, 0.717) is 24.8 Å². The second-order valence-electron chi connectivity index (χ2n) is 11.2. The molecule has 8 heteroatoms. The highest BCUT2D eigenvalue weighted by Crippen LogP contribution is 2.55. The van der Waals surface area contributed by atoms with Gasteiger partial charge in [0.25, 0.3) is 0 Å². The van der Waals surface area contributed by atoms with Gasteiger partial charge in [0.2, 0.25) is 17.7 Å². The Kier molecular flexibility index (Phi) is 7.30. The first-order chi connectivity index (χ1) is 17.8. The molecule has 0 aromatic heterocycles. The first kappa shape index (κ1) is 25.8. The molecular formula is C29H39N3O5. The Morgan fingerprint density at radius 3 is 2.54 bits per heavy atom. The van der Waals surface area contributed by atoms with Crippen LogP contribution in [0.15, 0.2) is 36.4 Å². The summed E-state index contributed by atoms with van der Waals surface area (Å²) < 4.78 is 11.9. The number of likely N-dealkylation sites (tertiary alicyclic amines) is 1. The van der Waals surface area contributed by atoms with E-state index in [4.69, 9.17) is 9.47 Å². The van der Waals surface area contributed by atoms with Crippen LogP contribution in [0.4, 0.5) is 5.69 Å². The van der Waals surface area contributed by atoms with E-state index in [1.54, 1.807) is 29.2 Å². The van der Waals surface area contributed by atoms with Gasteiger partial charge in [0.05, 0.1) is 24.5 Å². The molecule has 0 unspecified atom stereocenters. The molecule has 2 saturated heterocycles. The first-order valence-corrected chi connectivity index (χ1v) is 13.9. The lowest BCUT2D eigenvalue weighted by molar-refractivity contribution is -0.141. The number of anilines is 1. The van der Waals surface area contributed by atoms with E-state index in [0.717, 1.165) is 37.9 Å². The minimum absolute atomic E-state index is 0.125. The number of nitrogens with zero attached hydrogens (tertiary/aromatic N) is 1. The normalized spacial score (nSPS) is 30.6. The van der Waals surface area contributed by atoms with Gasteiger partial charge in [0, 0.05) is 18.3 Å². The summed E-state index contributed by atoms with van der Waals surface area (Å²) in [5, 5.41) is 6.19. The highest BCUT2D eigenvalue weighted by atomic mass is 16.5. The third kappa shape index (κ3) is 4.76. The zero-order chi connectivity index (χ0) is 26.2. The summed E-state index contributed by atoms with van der Waals surface area (Å²) in [5.41, 5.74) is -0.485. The fourth-order valence-corrected chi connectivity index (χ4v) is 6.46. The van der Waals surface area contributed by atoms with Gasteiger partial charge in [-0.25, -0.2) is 0 Å². The van der Waals surface area contributed by atoms with Crippen molar-refractivity contribution >= 4 is 23.4 Å². The Bertz CT molecular complexity index is 1050. The monoisotopic (exact) mass is 509 g/mol. The number of carbonyl (C=O) groups excluding carboxylic acids is 3. The molecule has 1 aliphatic carbocycles. The molecule has 4 aliphatic rings. The van der Waals surface area contributed by atoms with Crippen LogP contribution >= 0.6 is 0 Å². The fourth-order valence-electron chi connectivity index (χ4n) is 6.46. The molecule has 0 radical (unpaired) electrons. The molecule has 37 heavy (non-hydrogen) atoms. The van der Waals surface area contributed by atoms with Crippen LogP contribution in [0.1, 0.15) is 59.3 Å². The summed E-state index contributed by atoms with van der Waals surface area (Å²) in [5.74, 6) is -0.912. The van der Waals surface area contributed by atoms with Crippen LogP contribution in [-0.4, -0.2) is 59.6 Å². The van der Waals surface area contributed by atoms with Gasteiger partial charge in [0.15, 0.2) is 0 Å². The van der Waals surface area contributed by atoms with E-state index < -0.39 is 29.6 Å². The SMILES string of the molecule is CCOc1ccc(NC(=O)[C@@H]2[C@@H]3C=C[C@]4(O3)[C@@H]2C(=O)N(CCC(C)C)[C@H]4C(=O)NC2CCCCC2)cc1. The molecule has 2 bridgehead atoms. The van der Waals surface area contributed by atoms with Crippen LogP contribution in [0.2, 0.25) is 0 Å². The maximum absolute atomic E-state index is 13.9. The summed E-state index contributed by atoms with van der Waals surface area (Å²) in [7, 11) is 0. The summed E-state index contributed by atoms with van der Waals surface area (Å²) in [6.07, 6.45) is 9.30. The van der Waals surface area contributed by atoms with E-state index in [2.05, 4.69) is 24.5 Å². The van der Waals surface area contributed by atoms with E-state index in [9.17, 15) is 14.4 Å². The maximum atomic E-state index is 13.9. The van der Waals surface area contributed by atoms with Gasteiger partial charge in [-0.1, -0.05) is 45.3 Å². The van der Waals surface area contributed by atoms with Gasteiger partial charge in [-0.3, -0.25) is 14.4 Å². The largest absolute Gasteiger partial charge is 0.494 e. The van der Waals surface area contributed by atoms with Crippen molar-refractivity contribution in [1.29, 1.82) is 0 Å². The minimum Gasteiger partial charge on any atom is -0.494 e. The lowest BCUT2D eigenvalue weighted by Gasteiger charge is -2.34. The smallest absolute Gasteiger partial charge is 0.246 e. The third-order valence-corrected chi connectivity index (χ3v) is 8.26. The molecule has 8 nitrogen and oxygen atoms in total. The summed E-state index contributed by atoms with van der Waals surface area (Å²) in [6, 6.07) is 6.54. The first-order valence-electron chi connectivity index (χ1n) is 13.9. The molecule has 3 heterocycles. The Hall–Kier alpha value is -2.87. The predicted molar refractivity (Wildman–Crippen MR) is 140 cm³/mol. The van der Waals surface area contributed by atoms with Crippen molar-refractivity contribution in [2.24, 2.45) is 17.8 Å². The lowest BCUT2D eigenvalue weighted by Crippen LogP contribution is -2.56.